The number of nitrogens with zero attached hydrogens (tertiary/aromatic N) is 2. The highest BCUT2D eigenvalue weighted by atomic mass is 16.3. The van der Waals surface area contributed by atoms with Gasteiger partial charge in [-0.15, -0.1) is 0 Å². The molecule has 1 heterocycles. The predicted molar refractivity (Wildman–Crippen MR) is 80.6 cm³/mol. The van der Waals surface area contributed by atoms with E-state index in [0.29, 0.717) is 6.54 Å². The maximum absolute atomic E-state index is 9.67. The zero-order valence-electron chi connectivity index (χ0n) is 12.0. The Balaban J connectivity index is 1.90. The van der Waals surface area contributed by atoms with Crippen molar-refractivity contribution >= 4 is 5.69 Å². The van der Waals surface area contributed by atoms with Crippen LogP contribution in [0.4, 0.5) is 5.69 Å². The number of hydrogen-bond acceptors (Lipinski definition) is 3. The molecule has 1 aliphatic heterocycles. The molecule has 0 saturated carbocycles. The molecule has 0 bridgehead atoms. The predicted octanol–water partition coefficient (Wildman–Crippen LogP) is 2.36. The number of aliphatic hydroxyl groups is 1. The van der Waals surface area contributed by atoms with Crippen molar-refractivity contribution < 1.29 is 5.11 Å². The van der Waals surface area contributed by atoms with Crippen molar-refractivity contribution in [3.05, 3.63) is 30.3 Å². The van der Waals surface area contributed by atoms with Crippen LogP contribution in [0, 0.1) is 0 Å². The zero-order valence-corrected chi connectivity index (χ0v) is 12.0. The summed E-state index contributed by atoms with van der Waals surface area (Å²) in [7, 11) is 0. The van der Waals surface area contributed by atoms with Gasteiger partial charge in [-0.25, -0.2) is 0 Å². The summed E-state index contributed by atoms with van der Waals surface area (Å²) in [6.45, 7) is 7.12. The summed E-state index contributed by atoms with van der Waals surface area (Å²) in [4.78, 5) is 4.83. The molecule has 0 aromatic heterocycles. The number of aliphatic hydroxyl groups excluding tert-OH is 1. The minimum Gasteiger partial charge on any atom is -0.392 e. The van der Waals surface area contributed by atoms with Gasteiger partial charge in [-0.3, -0.25) is 0 Å². The number of hydrogen-bond donors (Lipinski definition) is 1. The highest BCUT2D eigenvalue weighted by Crippen LogP contribution is 2.14. The molecule has 3 heteroatoms. The maximum Gasteiger partial charge on any atom is 0.0687 e. The molecule has 0 aliphatic carbocycles. The van der Waals surface area contributed by atoms with Crippen LogP contribution in [0.25, 0.3) is 0 Å². The highest BCUT2D eigenvalue weighted by molar-refractivity contribution is 5.46. The molecule has 1 aromatic rings. The topological polar surface area (TPSA) is 26.7 Å². The van der Waals surface area contributed by atoms with Crippen molar-refractivity contribution in [2.75, 3.05) is 37.6 Å². The third-order valence-electron chi connectivity index (χ3n) is 3.74. The molecular formula is C16H26N2O. The van der Waals surface area contributed by atoms with Gasteiger partial charge in [0.05, 0.1) is 6.10 Å². The van der Waals surface area contributed by atoms with Crippen molar-refractivity contribution in [2.24, 2.45) is 0 Å². The highest BCUT2D eigenvalue weighted by Gasteiger charge is 2.13. The number of para-hydroxylation sites is 1. The maximum atomic E-state index is 9.67. The molecule has 1 aromatic carbocycles. The van der Waals surface area contributed by atoms with Crippen LogP contribution >= 0.6 is 0 Å². The molecular weight excluding hydrogens is 236 g/mol. The van der Waals surface area contributed by atoms with Gasteiger partial charge in [0, 0.05) is 25.3 Å². The summed E-state index contributed by atoms with van der Waals surface area (Å²) < 4.78 is 0. The molecule has 1 saturated heterocycles. The van der Waals surface area contributed by atoms with Gasteiger partial charge in [-0.2, -0.15) is 0 Å². The molecule has 1 unspecified atom stereocenters. The van der Waals surface area contributed by atoms with Crippen LogP contribution < -0.4 is 4.90 Å². The van der Waals surface area contributed by atoms with Crippen LogP contribution in [0.1, 0.15) is 26.2 Å². The number of anilines is 1. The van der Waals surface area contributed by atoms with E-state index in [2.05, 4.69) is 34.1 Å². The van der Waals surface area contributed by atoms with Crippen LogP contribution in [0.5, 0.6) is 0 Å². The Kier molecular flexibility index (Phi) is 5.67. The van der Waals surface area contributed by atoms with E-state index in [0.717, 1.165) is 13.1 Å². The molecule has 0 spiro atoms. The van der Waals surface area contributed by atoms with Crippen molar-refractivity contribution in [1.82, 2.24) is 4.90 Å². The lowest BCUT2D eigenvalue weighted by Gasteiger charge is -2.31. The number of piperidine rings is 1. The van der Waals surface area contributed by atoms with Gasteiger partial charge in [-0.1, -0.05) is 24.6 Å². The van der Waals surface area contributed by atoms with Crippen molar-refractivity contribution in [1.29, 1.82) is 0 Å². The fourth-order valence-electron chi connectivity index (χ4n) is 2.73. The van der Waals surface area contributed by atoms with Gasteiger partial charge in [0.1, 0.15) is 0 Å². The van der Waals surface area contributed by atoms with Crippen molar-refractivity contribution in [3.63, 3.8) is 0 Å². The second-order valence-electron chi connectivity index (χ2n) is 5.53. The summed E-state index contributed by atoms with van der Waals surface area (Å²) in [5.74, 6) is 0. The second-order valence-corrected chi connectivity index (χ2v) is 5.53. The third kappa shape index (κ3) is 4.84. The molecule has 106 valence electrons. The molecule has 1 fully saturated rings. The first-order chi connectivity index (χ1) is 9.25. The van der Waals surface area contributed by atoms with Gasteiger partial charge in [0.2, 0.25) is 0 Å². The van der Waals surface area contributed by atoms with E-state index in [1.165, 1.54) is 38.0 Å². The summed E-state index contributed by atoms with van der Waals surface area (Å²) in [5, 5.41) is 9.67. The SMILES string of the molecule is CC(O)CN(CCN1CCCCC1)c1ccccc1. The largest absolute Gasteiger partial charge is 0.392 e. The van der Waals surface area contributed by atoms with E-state index < -0.39 is 0 Å². The first kappa shape index (κ1) is 14.4. The summed E-state index contributed by atoms with van der Waals surface area (Å²) in [6.07, 6.45) is 3.76. The minimum atomic E-state index is -0.290. The first-order valence-electron chi connectivity index (χ1n) is 7.46. The fourth-order valence-corrected chi connectivity index (χ4v) is 2.73. The van der Waals surface area contributed by atoms with Gasteiger partial charge in [0.15, 0.2) is 0 Å². The zero-order chi connectivity index (χ0) is 13.5. The Morgan fingerprint density at radius 1 is 1.16 bits per heavy atom. The summed E-state index contributed by atoms with van der Waals surface area (Å²) in [5.41, 5.74) is 1.21. The Hall–Kier alpha value is -1.06. The average molecular weight is 262 g/mol. The lowest BCUT2D eigenvalue weighted by Crippen LogP contribution is -2.40. The lowest BCUT2D eigenvalue weighted by atomic mass is 10.1. The Bertz CT molecular complexity index is 347. The van der Waals surface area contributed by atoms with Gasteiger partial charge in [-0.05, 0) is 45.0 Å². The van der Waals surface area contributed by atoms with Crippen LogP contribution in [0.15, 0.2) is 30.3 Å². The Labute approximate surface area is 116 Å². The van der Waals surface area contributed by atoms with Crippen LogP contribution in [0.3, 0.4) is 0 Å². The normalized spacial score (nSPS) is 18.2. The summed E-state index contributed by atoms with van der Waals surface area (Å²) >= 11 is 0. The van der Waals surface area contributed by atoms with Gasteiger partial charge >= 0.3 is 0 Å². The second kappa shape index (κ2) is 7.51. The van der Waals surface area contributed by atoms with Gasteiger partial charge in [0.25, 0.3) is 0 Å². The van der Waals surface area contributed by atoms with Gasteiger partial charge < -0.3 is 14.9 Å². The van der Waals surface area contributed by atoms with Crippen molar-refractivity contribution in [3.8, 4) is 0 Å². The molecule has 0 radical (unpaired) electrons. The number of likely N-dealkylation sites (tertiary alicyclic amines) is 1. The molecule has 2 rings (SSSR count). The lowest BCUT2D eigenvalue weighted by molar-refractivity contribution is 0.194. The molecule has 0 amide bonds. The number of benzene rings is 1. The molecule has 1 aliphatic rings. The first-order valence-corrected chi connectivity index (χ1v) is 7.46. The minimum absolute atomic E-state index is 0.290. The van der Waals surface area contributed by atoms with Crippen LogP contribution in [-0.4, -0.2) is 48.8 Å². The summed E-state index contributed by atoms with van der Waals surface area (Å²) in [6, 6.07) is 10.4. The van der Waals surface area contributed by atoms with E-state index in [9.17, 15) is 5.11 Å². The fraction of sp³-hybridized carbons (Fsp3) is 0.625. The molecule has 3 nitrogen and oxygen atoms in total. The van der Waals surface area contributed by atoms with E-state index in [1.54, 1.807) is 0 Å². The third-order valence-corrected chi connectivity index (χ3v) is 3.74. The standard InChI is InChI=1S/C16H26N2O/c1-15(19)14-18(16-8-4-2-5-9-16)13-12-17-10-6-3-7-11-17/h2,4-5,8-9,15,19H,3,6-7,10-14H2,1H3. The van der Waals surface area contributed by atoms with Crippen molar-refractivity contribution in [2.45, 2.75) is 32.3 Å². The Morgan fingerprint density at radius 2 is 1.84 bits per heavy atom. The number of rotatable bonds is 6. The Morgan fingerprint density at radius 3 is 2.47 bits per heavy atom. The molecule has 1 atom stereocenters. The monoisotopic (exact) mass is 262 g/mol. The molecule has 19 heavy (non-hydrogen) atoms. The smallest absolute Gasteiger partial charge is 0.0687 e. The average Bonchev–Trinajstić information content (AvgIpc) is 2.45. The van der Waals surface area contributed by atoms with E-state index in [4.69, 9.17) is 0 Å². The van der Waals surface area contributed by atoms with E-state index in [-0.39, 0.29) is 6.10 Å². The molecule has 1 N–H and O–H groups in total. The quantitative estimate of drug-likeness (QED) is 0.852. The van der Waals surface area contributed by atoms with E-state index in [1.807, 2.05) is 13.0 Å². The van der Waals surface area contributed by atoms with E-state index >= 15 is 0 Å². The van der Waals surface area contributed by atoms with Crippen LogP contribution in [0.2, 0.25) is 0 Å². The van der Waals surface area contributed by atoms with Crippen LogP contribution in [-0.2, 0) is 0 Å².